The highest BCUT2D eigenvalue weighted by Gasteiger charge is 2.08. The van der Waals surface area contributed by atoms with Crippen LogP contribution in [0.4, 0.5) is 0 Å². The highest BCUT2D eigenvalue weighted by atomic mass is 13.8. The molecule has 0 aliphatic carbocycles. The molecule has 0 fully saturated rings. The lowest BCUT2D eigenvalue weighted by atomic mass is 9.24. The van der Waals surface area contributed by atoms with Crippen LogP contribution in [0.1, 0.15) is 13.8 Å². The van der Waals surface area contributed by atoms with Gasteiger partial charge in [0.05, 0.1) is 0 Å². The smallest absolute Gasteiger partial charge is 0.00605 e. The summed E-state index contributed by atoms with van der Waals surface area (Å²) in [4.78, 5) is 0. The highest BCUT2D eigenvalue weighted by Crippen LogP contribution is 2.18. The molecule has 0 nitrogen and oxygen atoms in total. The monoisotopic (exact) mass is 99.1 g/mol. The summed E-state index contributed by atoms with van der Waals surface area (Å²) in [7, 11) is 0. The highest BCUT2D eigenvalue weighted by molar-refractivity contribution is 6.77. The summed E-state index contributed by atoms with van der Waals surface area (Å²) in [5.74, 6) is 0.861. The molecule has 1 heteroatoms. The fraction of sp³-hybridized carbons (Fsp3) is 1.00. The maximum atomic E-state index is 2.32. The van der Waals surface area contributed by atoms with Crippen molar-refractivity contribution in [2.45, 2.75) is 40.1 Å². The molecule has 0 atom stereocenters. The molecule has 0 spiro atoms. The van der Waals surface area contributed by atoms with Crippen LogP contribution in [0.25, 0.3) is 0 Å². The standard InChI is InChI=1S/C6H16B/c1-6(2)7(3,4)5/h6H,1-5H3/q-1. The Morgan fingerprint density at radius 2 is 1.14 bits per heavy atom. The molecule has 0 aliphatic rings. The van der Waals surface area contributed by atoms with Crippen LogP contribution in [0.5, 0.6) is 0 Å². The summed E-state index contributed by atoms with van der Waals surface area (Å²) in [5, 5.41) is 0. The number of hydrogen-bond donors (Lipinski definition) is 0. The molecule has 0 amide bonds. The van der Waals surface area contributed by atoms with E-state index in [1.54, 1.807) is 0 Å². The van der Waals surface area contributed by atoms with Crippen molar-refractivity contribution in [1.82, 2.24) is 0 Å². The molecule has 0 aromatic carbocycles. The van der Waals surface area contributed by atoms with Crippen LogP contribution in [0.15, 0.2) is 0 Å². The summed E-state index contributed by atoms with van der Waals surface area (Å²) in [6.07, 6.45) is -0.0556. The van der Waals surface area contributed by atoms with E-state index in [1.807, 2.05) is 0 Å². The Bertz CT molecular complexity index is 49.7. The number of rotatable bonds is 1. The Morgan fingerprint density at radius 3 is 1.14 bits per heavy atom. The first-order chi connectivity index (χ1) is 2.94. The average molecular weight is 99.0 g/mol. The molecule has 44 valence electrons. The molecule has 0 saturated heterocycles. The van der Waals surface area contributed by atoms with Crippen LogP contribution in [0.3, 0.4) is 0 Å². The minimum atomic E-state index is -0.0556. The van der Waals surface area contributed by atoms with E-state index in [4.69, 9.17) is 0 Å². The maximum Gasteiger partial charge on any atom is -0.00605 e. The van der Waals surface area contributed by atoms with Gasteiger partial charge in [-0.3, -0.25) is 0 Å². The summed E-state index contributed by atoms with van der Waals surface area (Å²) in [6.45, 7) is 11.5. The number of hydrogen-bond acceptors (Lipinski definition) is 0. The first-order valence-electron chi connectivity index (χ1n) is 3.22. The predicted octanol–water partition coefficient (Wildman–Crippen LogP) is 2.73. The largest absolute Gasteiger partial charge is 0.190 e. The third kappa shape index (κ3) is 2.72. The van der Waals surface area contributed by atoms with E-state index in [-0.39, 0.29) is 6.15 Å². The third-order valence-electron chi connectivity index (χ3n) is 2.00. The van der Waals surface area contributed by atoms with Crippen LogP contribution in [0.2, 0.25) is 26.3 Å². The third-order valence-corrected chi connectivity index (χ3v) is 2.00. The van der Waals surface area contributed by atoms with Crippen LogP contribution in [-0.4, -0.2) is 6.15 Å². The molecular formula is C6H16B-. The van der Waals surface area contributed by atoms with Gasteiger partial charge in [0, 0.05) is 0 Å². The topological polar surface area (TPSA) is 0 Å². The minimum Gasteiger partial charge on any atom is -0.190 e. The van der Waals surface area contributed by atoms with Gasteiger partial charge in [-0.1, -0.05) is 13.8 Å². The molecule has 0 aromatic rings. The van der Waals surface area contributed by atoms with E-state index < -0.39 is 0 Å². The van der Waals surface area contributed by atoms with Gasteiger partial charge in [-0.2, -0.15) is 26.3 Å². The zero-order chi connectivity index (χ0) is 6.08. The first kappa shape index (κ1) is 7.06. The van der Waals surface area contributed by atoms with E-state index >= 15 is 0 Å². The Kier molecular flexibility index (Phi) is 1.91. The molecule has 0 unspecified atom stereocenters. The molecule has 0 aromatic heterocycles. The molecule has 0 aliphatic heterocycles. The predicted molar refractivity (Wildman–Crippen MR) is 38.4 cm³/mol. The molecule has 0 saturated carbocycles. The van der Waals surface area contributed by atoms with Crippen molar-refractivity contribution in [2.75, 3.05) is 0 Å². The van der Waals surface area contributed by atoms with Gasteiger partial charge in [-0.15, -0.1) is 0 Å². The van der Waals surface area contributed by atoms with Gasteiger partial charge in [0.1, 0.15) is 0 Å². The molecule has 0 N–H and O–H groups in total. The minimum absolute atomic E-state index is 0.0556. The fourth-order valence-corrected chi connectivity index (χ4v) is 0. The fourth-order valence-electron chi connectivity index (χ4n) is 0. The van der Waals surface area contributed by atoms with Gasteiger partial charge in [0.25, 0.3) is 0 Å². The molecule has 0 radical (unpaired) electrons. The summed E-state index contributed by atoms with van der Waals surface area (Å²) in [5.41, 5.74) is 0. The molecule has 0 bridgehead atoms. The summed E-state index contributed by atoms with van der Waals surface area (Å²) >= 11 is 0. The average Bonchev–Trinajstić information content (AvgIpc) is 1.31. The van der Waals surface area contributed by atoms with Gasteiger partial charge < -0.3 is 0 Å². The van der Waals surface area contributed by atoms with Gasteiger partial charge in [-0.25, -0.2) is 0 Å². The molecule has 7 heavy (non-hydrogen) atoms. The van der Waals surface area contributed by atoms with Crippen molar-refractivity contribution in [3.05, 3.63) is 0 Å². The van der Waals surface area contributed by atoms with Crippen molar-refractivity contribution in [2.24, 2.45) is 0 Å². The van der Waals surface area contributed by atoms with Gasteiger partial charge in [0.15, 0.2) is 0 Å². The maximum absolute atomic E-state index is 2.32. The SMILES string of the molecule is CC(C)[B-](C)(C)C. The lowest BCUT2D eigenvalue weighted by Gasteiger charge is -2.28. The molecule has 0 heterocycles. The van der Waals surface area contributed by atoms with E-state index in [0.717, 1.165) is 5.82 Å². The quantitative estimate of drug-likeness (QED) is 0.443. The van der Waals surface area contributed by atoms with Crippen LogP contribution >= 0.6 is 0 Å². The van der Waals surface area contributed by atoms with Crippen molar-refractivity contribution in [3.8, 4) is 0 Å². The van der Waals surface area contributed by atoms with E-state index in [9.17, 15) is 0 Å². The van der Waals surface area contributed by atoms with Gasteiger partial charge in [0.2, 0.25) is 0 Å². The second-order valence-corrected chi connectivity index (χ2v) is 3.98. The second-order valence-electron chi connectivity index (χ2n) is 3.98. The van der Waals surface area contributed by atoms with Crippen molar-refractivity contribution in [3.63, 3.8) is 0 Å². The zero-order valence-electron chi connectivity index (χ0n) is 6.15. The van der Waals surface area contributed by atoms with Crippen LogP contribution in [0, 0.1) is 0 Å². The first-order valence-corrected chi connectivity index (χ1v) is 3.22. The lowest BCUT2D eigenvalue weighted by molar-refractivity contribution is 1.01. The van der Waals surface area contributed by atoms with E-state index in [0.29, 0.717) is 0 Å². The van der Waals surface area contributed by atoms with Crippen molar-refractivity contribution >= 4 is 6.15 Å². The Morgan fingerprint density at radius 1 is 1.00 bits per heavy atom. The normalized spacial score (nSPS) is 12.9. The molecular weight excluding hydrogens is 82.9 g/mol. The molecule has 0 rings (SSSR count). The Hall–Kier alpha value is 0.0649. The van der Waals surface area contributed by atoms with Gasteiger partial charge >= 0.3 is 0 Å². The van der Waals surface area contributed by atoms with Crippen molar-refractivity contribution in [1.29, 1.82) is 0 Å². The van der Waals surface area contributed by atoms with Crippen molar-refractivity contribution < 1.29 is 0 Å². The van der Waals surface area contributed by atoms with Crippen LogP contribution < -0.4 is 0 Å². The van der Waals surface area contributed by atoms with E-state index in [1.165, 1.54) is 0 Å². The Labute approximate surface area is 47.2 Å². The van der Waals surface area contributed by atoms with Gasteiger partial charge in [-0.05, 0) is 6.15 Å². The Balaban J connectivity index is 3.54. The lowest BCUT2D eigenvalue weighted by Crippen LogP contribution is -2.23. The summed E-state index contributed by atoms with van der Waals surface area (Å²) in [6, 6.07) is 0. The van der Waals surface area contributed by atoms with E-state index in [2.05, 4.69) is 34.3 Å². The summed E-state index contributed by atoms with van der Waals surface area (Å²) < 4.78 is 0. The second kappa shape index (κ2) is 1.89. The zero-order valence-corrected chi connectivity index (χ0v) is 6.15. The van der Waals surface area contributed by atoms with Crippen LogP contribution in [-0.2, 0) is 0 Å².